The highest BCUT2D eigenvalue weighted by Crippen LogP contribution is 2.25. The van der Waals surface area contributed by atoms with Crippen LogP contribution in [0.15, 0.2) is 117 Å². The van der Waals surface area contributed by atoms with Crippen molar-refractivity contribution in [1.82, 2.24) is 91.9 Å². The molecular formula is C103H129N26O20+. The van der Waals surface area contributed by atoms with Gasteiger partial charge in [-0.2, -0.15) is 0 Å². The number of nitrogens with one attached hydrogen (secondary N) is 11. The number of hydrogen-bond acceptors (Lipinski definition) is 25. The van der Waals surface area contributed by atoms with Crippen molar-refractivity contribution < 1.29 is 101 Å². The molecule has 0 aliphatic rings. The molecule has 1 aromatic carbocycles. The molecule has 11 rings (SSSR count). The SMILES string of the molecule is Cn1cc(CC(=O)c2nc(CC(=O)c3nc(CC(=O)CCCC(=O)c4cc(CC(=O)c5nc(CC(=O)CCCNC(=O)c6cc(NC(=O)c7nc(NC(=O)CCNC(=O)c8cc(NC(=O)c9cc(NC(=O)c%10nc(NC(=O)CCNC(=O)CCNC(=O)c%11ccc(NC(=O)CCCCCCC(=O)CO)cc%11)cn%10C)cn9C)cn8C)cn7C)cn6C)cn5C)cn4C)cn3C)cn2C)cc1C(=O)CCCC(=O)CCCC[NH+](C)C. The number of ketones is 9. The van der Waals surface area contributed by atoms with Crippen LogP contribution in [0.4, 0.5) is 34.4 Å². The van der Waals surface area contributed by atoms with Crippen LogP contribution < -0.4 is 58.1 Å². The van der Waals surface area contributed by atoms with Gasteiger partial charge in [-0.3, -0.25) is 91.1 Å². The lowest BCUT2D eigenvalue weighted by molar-refractivity contribution is -0.858. The van der Waals surface area contributed by atoms with Gasteiger partial charge in [0.25, 0.3) is 35.4 Å². The van der Waals surface area contributed by atoms with Crippen LogP contribution in [0.2, 0.25) is 0 Å². The zero-order chi connectivity index (χ0) is 108. The van der Waals surface area contributed by atoms with Gasteiger partial charge in [0.1, 0.15) is 41.0 Å². The molecule has 10 amide bonds. The fraction of sp³-hybridized carbons (Fsp3) is 0.417. The molecule has 0 saturated heterocycles. The minimum atomic E-state index is -0.675. The molecule has 0 aliphatic carbocycles. The Morgan fingerprint density at radius 2 is 0.638 bits per heavy atom. The number of hydrogen-bond donors (Lipinski definition) is 12. The van der Waals surface area contributed by atoms with Crippen molar-refractivity contribution in [2.45, 2.75) is 161 Å². The second kappa shape index (κ2) is 53.4. The first-order valence-corrected chi connectivity index (χ1v) is 49.1. The number of aryl methyl sites for hydroxylation is 10. The molecule has 0 unspecified atom stereocenters. The number of imidazole rings is 5. The van der Waals surface area contributed by atoms with E-state index in [4.69, 9.17) is 5.11 Å². The van der Waals surface area contributed by atoms with Crippen molar-refractivity contribution in [2.75, 3.05) is 85.3 Å². The monoisotopic (exact) mass is 2050 g/mol. The number of quaternary nitrogens is 1. The Kier molecular flexibility index (Phi) is 40.4. The second-order valence-electron chi connectivity index (χ2n) is 37.4. The highest BCUT2D eigenvalue weighted by Gasteiger charge is 2.29. The molecule has 0 saturated carbocycles. The van der Waals surface area contributed by atoms with Gasteiger partial charge >= 0.3 is 0 Å². The lowest BCUT2D eigenvalue weighted by Crippen LogP contribution is -3.05. The van der Waals surface area contributed by atoms with Crippen LogP contribution in [0.3, 0.4) is 0 Å². The number of rotatable bonds is 61. The molecule has 0 aliphatic heterocycles. The van der Waals surface area contributed by atoms with Gasteiger partial charge < -0.3 is 109 Å². The standard InChI is InChI=1S/C103H128N26O20/c1-119(2)41-18-17-22-73(131)24-19-27-82(135)77-42-64(53-120(77)3)45-85(138)94-111-72(59-127(94)10)51-86(139)95-110-67(58-126(95)9)46-74(132)25-20-28-83(136)78-43-63(52-121(78)4)44-84(137)93-109-68(57-125(93)8)47-75(133)26-21-37-105-99(145)79-49-70(55-123(79)6)113-102(148)96-118-88(61-129(96)12)116-92(143)36-40-107-100(146)80-48-69(54-122(80)5)112-101(147)81-50-71(56-124(81)7)114-103(149)97-117-87(60-128(97)11)115-91(142)35-38-104-89(140)34-39-106-98(144)65-30-32-66(33-31-65)108-90(141)29-16-14-13-15-23-76(134)62-130/h30-33,42-43,48-50,52-61,130H,13-29,34-41,44-47,51,62H2,1-12H3,(H,104,140)(H,105,145)(H,106,144)(H,107,146)(H,108,141)(H,112,147)(H,113,148)(H,114,149)(H,115,142)(H,116,143)/p+1. The van der Waals surface area contributed by atoms with E-state index in [0.29, 0.717) is 89.4 Å². The number of aromatic nitrogens is 15. The number of unbranched alkanes of at least 4 members (excludes halogenated alkanes) is 4. The van der Waals surface area contributed by atoms with E-state index in [0.717, 1.165) is 32.2 Å². The van der Waals surface area contributed by atoms with E-state index in [1.54, 1.807) is 125 Å². The fourth-order valence-corrected chi connectivity index (χ4v) is 16.8. The molecule has 10 aromatic heterocycles. The molecule has 0 fully saturated rings. The Labute approximate surface area is 858 Å². The van der Waals surface area contributed by atoms with Gasteiger partial charge in [0.05, 0.1) is 85.4 Å². The first kappa shape index (κ1) is 113. The molecule has 790 valence electrons. The highest BCUT2D eigenvalue weighted by molar-refractivity contribution is 6.09. The van der Waals surface area contributed by atoms with Crippen molar-refractivity contribution in [1.29, 1.82) is 0 Å². The summed E-state index contributed by atoms with van der Waals surface area (Å²) in [6.45, 7) is 0.495. The second-order valence-corrected chi connectivity index (χ2v) is 37.4. The van der Waals surface area contributed by atoms with Crippen molar-refractivity contribution in [2.24, 2.45) is 70.5 Å². The molecule has 46 heteroatoms. The minimum Gasteiger partial charge on any atom is -0.389 e. The maximum Gasteiger partial charge on any atom is 0.291 e. The summed E-state index contributed by atoms with van der Waals surface area (Å²) in [7, 11) is 20.3. The van der Waals surface area contributed by atoms with Crippen LogP contribution in [-0.4, -0.2) is 240 Å². The van der Waals surface area contributed by atoms with Crippen LogP contribution in [0.5, 0.6) is 0 Å². The number of carbonyl (C=O) groups is 19. The maximum absolute atomic E-state index is 13.7. The quantitative estimate of drug-likeness (QED) is 0.0161. The molecule has 11 aromatic rings. The van der Waals surface area contributed by atoms with Crippen molar-refractivity contribution in [3.8, 4) is 0 Å². The molecule has 12 N–H and O–H groups in total. The Hall–Kier alpha value is -16.7. The van der Waals surface area contributed by atoms with Gasteiger partial charge in [-0.25, -0.2) is 24.9 Å². The number of aliphatic hydroxyl groups is 1. The summed E-state index contributed by atoms with van der Waals surface area (Å²) < 4.78 is 15.1. The van der Waals surface area contributed by atoms with Gasteiger partial charge in [0.15, 0.2) is 46.5 Å². The summed E-state index contributed by atoms with van der Waals surface area (Å²) in [6, 6.07) is 13.9. The Morgan fingerprint density at radius 1 is 0.268 bits per heavy atom. The predicted molar refractivity (Wildman–Crippen MR) is 547 cm³/mol. The number of benzene rings is 1. The van der Waals surface area contributed by atoms with Gasteiger partial charge in [-0.05, 0) is 111 Å². The fourth-order valence-electron chi connectivity index (χ4n) is 16.8. The number of aliphatic hydroxyl groups excluding tert-OH is 1. The summed E-state index contributed by atoms with van der Waals surface area (Å²) in [4.78, 5) is 272. The van der Waals surface area contributed by atoms with Gasteiger partial charge in [-0.1, -0.05) is 12.8 Å². The topological polar surface area (TPSA) is 583 Å². The van der Waals surface area contributed by atoms with Crippen LogP contribution in [0.1, 0.15) is 273 Å². The Bertz CT molecular complexity index is 6840. The van der Waals surface area contributed by atoms with E-state index in [-0.39, 0.29) is 255 Å². The molecule has 10 heterocycles. The number of carbonyl (C=O) groups excluding carboxylic acids is 19. The van der Waals surface area contributed by atoms with E-state index >= 15 is 0 Å². The molecule has 0 spiro atoms. The van der Waals surface area contributed by atoms with Crippen molar-refractivity contribution in [3.63, 3.8) is 0 Å². The van der Waals surface area contributed by atoms with Crippen molar-refractivity contribution in [3.05, 3.63) is 208 Å². The predicted octanol–water partition coefficient (Wildman–Crippen LogP) is 5.67. The summed E-state index contributed by atoms with van der Waals surface area (Å²) >= 11 is 0. The number of nitrogens with zero attached hydrogens (tertiary/aromatic N) is 15. The number of anilines is 6. The molecule has 0 bridgehead atoms. The van der Waals surface area contributed by atoms with Crippen LogP contribution in [0.25, 0.3) is 0 Å². The van der Waals surface area contributed by atoms with Gasteiger partial charge in [-0.15, -0.1) is 0 Å². The van der Waals surface area contributed by atoms with E-state index in [1.165, 1.54) is 112 Å². The lowest BCUT2D eigenvalue weighted by Gasteiger charge is -2.08. The van der Waals surface area contributed by atoms with Crippen molar-refractivity contribution >= 4 is 146 Å². The van der Waals surface area contributed by atoms with Crippen LogP contribution >= 0.6 is 0 Å². The summed E-state index contributed by atoms with van der Waals surface area (Å²) in [5.41, 5.74) is 5.02. The summed E-state index contributed by atoms with van der Waals surface area (Å²) in [5.74, 6) is -6.70. The Morgan fingerprint density at radius 3 is 1.11 bits per heavy atom. The van der Waals surface area contributed by atoms with Gasteiger partial charge in [0.2, 0.25) is 52.6 Å². The van der Waals surface area contributed by atoms with E-state index in [1.807, 2.05) is 0 Å². The number of Topliss-reactive ketones (excluding diaryl/α,β-unsaturated/α-hetero) is 9. The third kappa shape index (κ3) is 33.4. The lowest BCUT2D eigenvalue weighted by atomic mass is 10.0. The summed E-state index contributed by atoms with van der Waals surface area (Å²) in [5, 5.41) is 35.7. The molecule has 0 atom stereocenters. The third-order valence-electron chi connectivity index (χ3n) is 24.4. The van der Waals surface area contributed by atoms with Crippen LogP contribution in [-0.2, 0) is 141 Å². The normalized spacial score (nSPS) is 11.2. The van der Waals surface area contributed by atoms with E-state index < -0.39 is 59.8 Å². The molecule has 149 heavy (non-hydrogen) atoms. The zero-order valence-corrected chi connectivity index (χ0v) is 85.8. The Balaban J connectivity index is 0.527. The first-order valence-electron chi connectivity index (χ1n) is 49.1. The van der Waals surface area contributed by atoms with Gasteiger partial charge in [0, 0.05) is 253 Å². The van der Waals surface area contributed by atoms with E-state index in [9.17, 15) is 91.1 Å². The first-order chi connectivity index (χ1) is 71.0. The molecular weight excluding hydrogens is 1920 g/mol. The number of amides is 10. The largest absolute Gasteiger partial charge is 0.389 e. The molecule has 46 nitrogen and oxygen atoms in total. The van der Waals surface area contributed by atoms with E-state index in [2.05, 4.69) is 92.2 Å². The highest BCUT2D eigenvalue weighted by atomic mass is 16.3. The molecule has 0 radical (unpaired) electrons. The minimum absolute atomic E-state index is 0.00495. The summed E-state index contributed by atoms with van der Waals surface area (Å²) in [6.07, 6.45) is 22.1. The third-order valence-corrected chi connectivity index (χ3v) is 24.4. The smallest absolute Gasteiger partial charge is 0.291 e. The van der Waals surface area contributed by atoms with Crippen LogP contribution in [0, 0.1) is 0 Å². The maximum atomic E-state index is 13.7. The average molecular weight is 2050 g/mol. The zero-order valence-electron chi connectivity index (χ0n) is 85.8. The average Bonchev–Trinajstić information content (AvgIpc) is 1.67.